The number of carbonyl (C=O) groups excluding carboxylic acids is 2. The number of aromatic hydroxyl groups is 1. The van der Waals surface area contributed by atoms with Gasteiger partial charge in [0.2, 0.25) is 11.7 Å². The van der Waals surface area contributed by atoms with Crippen molar-refractivity contribution in [1.82, 2.24) is 4.90 Å². The molecule has 2 aliphatic heterocycles. The number of ether oxygens (including phenoxy) is 2. The van der Waals surface area contributed by atoms with Gasteiger partial charge in [-0.05, 0) is 30.7 Å². The summed E-state index contributed by atoms with van der Waals surface area (Å²) in [5, 5.41) is 10.3. The van der Waals surface area contributed by atoms with Gasteiger partial charge in [0.25, 0.3) is 0 Å². The number of allylic oxidation sites excluding steroid dienone is 2. The van der Waals surface area contributed by atoms with Crippen LogP contribution in [0.15, 0.2) is 36.4 Å². The molecule has 1 aromatic rings. The van der Waals surface area contributed by atoms with Crippen molar-refractivity contribution in [2.75, 3.05) is 20.8 Å². The third-order valence-corrected chi connectivity index (χ3v) is 4.92. The summed E-state index contributed by atoms with van der Waals surface area (Å²) in [4.78, 5) is 26.1. The van der Waals surface area contributed by atoms with E-state index in [0.717, 1.165) is 11.1 Å². The zero-order valence-corrected chi connectivity index (χ0v) is 13.9. The minimum absolute atomic E-state index is 0.0424. The van der Waals surface area contributed by atoms with E-state index in [1.54, 1.807) is 23.1 Å². The predicted octanol–water partition coefficient (Wildman–Crippen LogP) is 1.83. The second-order valence-electron chi connectivity index (χ2n) is 6.23. The van der Waals surface area contributed by atoms with Gasteiger partial charge in [-0.25, -0.2) is 0 Å². The molecule has 0 aromatic heterocycles. The van der Waals surface area contributed by atoms with E-state index in [1.165, 1.54) is 26.4 Å². The first-order valence-electron chi connectivity index (χ1n) is 7.95. The molecule has 1 aliphatic carbocycles. The van der Waals surface area contributed by atoms with E-state index in [-0.39, 0.29) is 23.2 Å². The Morgan fingerprint density at radius 1 is 1.12 bits per heavy atom. The Balaban J connectivity index is 1.91. The van der Waals surface area contributed by atoms with Crippen molar-refractivity contribution >= 4 is 17.4 Å². The van der Waals surface area contributed by atoms with Crippen LogP contribution in [0.2, 0.25) is 0 Å². The lowest BCUT2D eigenvalue weighted by atomic mass is 9.84. The SMILES string of the molecule is COc1c(O)cc2c(c1OC)CCN1C(=O)C3(C=CC(=O)C=C3)C=C21. The Morgan fingerprint density at radius 3 is 2.44 bits per heavy atom. The van der Waals surface area contributed by atoms with Crippen LogP contribution in [0.4, 0.5) is 0 Å². The van der Waals surface area contributed by atoms with Crippen LogP contribution < -0.4 is 9.47 Å². The van der Waals surface area contributed by atoms with Gasteiger partial charge in [-0.3, -0.25) is 9.59 Å². The lowest BCUT2D eigenvalue weighted by molar-refractivity contribution is -0.130. The monoisotopic (exact) mass is 339 g/mol. The second kappa shape index (κ2) is 5.24. The Bertz CT molecular complexity index is 878. The molecular formula is C19H17NO5. The fourth-order valence-electron chi connectivity index (χ4n) is 3.72. The maximum absolute atomic E-state index is 12.9. The first kappa shape index (κ1) is 15.5. The Labute approximate surface area is 144 Å². The molecular weight excluding hydrogens is 322 g/mol. The van der Waals surface area contributed by atoms with Crippen LogP contribution in [0, 0.1) is 5.41 Å². The van der Waals surface area contributed by atoms with Gasteiger partial charge in [-0.1, -0.05) is 12.2 Å². The molecule has 6 heteroatoms. The van der Waals surface area contributed by atoms with E-state index >= 15 is 0 Å². The van der Waals surface area contributed by atoms with E-state index < -0.39 is 5.41 Å². The third kappa shape index (κ3) is 2.03. The molecule has 0 radical (unpaired) electrons. The molecule has 1 aromatic carbocycles. The van der Waals surface area contributed by atoms with Crippen molar-refractivity contribution in [2.24, 2.45) is 5.41 Å². The quantitative estimate of drug-likeness (QED) is 0.890. The number of rotatable bonds is 2. The average Bonchev–Trinajstić information content (AvgIpc) is 2.89. The summed E-state index contributed by atoms with van der Waals surface area (Å²) in [5.74, 6) is 0.501. The van der Waals surface area contributed by atoms with E-state index in [9.17, 15) is 14.7 Å². The van der Waals surface area contributed by atoms with Crippen molar-refractivity contribution in [2.45, 2.75) is 6.42 Å². The van der Waals surface area contributed by atoms with Crippen LogP contribution >= 0.6 is 0 Å². The molecule has 1 spiro atoms. The summed E-state index contributed by atoms with van der Waals surface area (Å²) in [6.45, 7) is 0.499. The molecule has 3 aliphatic rings. The Kier molecular flexibility index (Phi) is 3.25. The molecule has 4 rings (SSSR count). The smallest absolute Gasteiger partial charge is 0.244 e. The van der Waals surface area contributed by atoms with Gasteiger partial charge in [0.1, 0.15) is 5.41 Å². The molecule has 0 bridgehead atoms. The minimum Gasteiger partial charge on any atom is -0.504 e. The third-order valence-electron chi connectivity index (χ3n) is 4.92. The number of phenols is 1. The van der Waals surface area contributed by atoms with Gasteiger partial charge < -0.3 is 19.5 Å². The molecule has 0 fully saturated rings. The number of ketones is 1. The number of fused-ring (bicyclic) bond motifs is 3. The highest BCUT2D eigenvalue weighted by atomic mass is 16.5. The highest BCUT2D eigenvalue weighted by molar-refractivity contribution is 6.08. The fraction of sp³-hybridized carbons (Fsp3) is 0.263. The van der Waals surface area contributed by atoms with Crippen molar-refractivity contribution in [3.63, 3.8) is 0 Å². The van der Waals surface area contributed by atoms with Crippen molar-refractivity contribution in [3.8, 4) is 17.2 Å². The summed E-state index contributed by atoms with van der Waals surface area (Å²) < 4.78 is 10.7. The summed E-state index contributed by atoms with van der Waals surface area (Å²) in [6, 6.07) is 1.60. The fourth-order valence-corrected chi connectivity index (χ4v) is 3.72. The van der Waals surface area contributed by atoms with Gasteiger partial charge >= 0.3 is 0 Å². The van der Waals surface area contributed by atoms with Gasteiger partial charge in [0, 0.05) is 23.4 Å². The van der Waals surface area contributed by atoms with Crippen molar-refractivity contribution in [3.05, 3.63) is 47.6 Å². The first-order chi connectivity index (χ1) is 12.0. The van der Waals surface area contributed by atoms with Gasteiger partial charge in [0.15, 0.2) is 17.3 Å². The molecule has 1 N–H and O–H groups in total. The number of benzene rings is 1. The lowest BCUT2D eigenvalue weighted by Crippen LogP contribution is -2.37. The Morgan fingerprint density at radius 2 is 1.80 bits per heavy atom. The van der Waals surface area contributed by atoms with E-state index in [2.05, 4.69) is 0 Å². The highest BCUT2D eigenvalue weighted by Gasteiger charge is 2.46. The Hall–Kier alpha value is -3.02. The maximum Gasteiger partial charge on any atom is 0.244 e. The van der Waals surface area contributed by atoms with Crippen molar-refractivity contribution in [1.29, 1.82) is 0 Å². The van der Waals surface area contributed by atoms with Crippen LogP contribution in [0.25, 0.3) is 5.70 Å². The van der Waals surface area contributed by atoms with Crippen LogP contribution in [0.3, 0.4) is 0 Å². The number of hydrogen-bond donors (Lipinski definition) is 1. The number of carbonyl (C=O) groups is 2. The van der Waals surface area contributed by atoms with E-state index in [1.807, 2.05) is 6.08 Å². The molecule has 25 heavy (non-hydrogen) atoms. The zero-order chi connectivity index (χ0) is 17.8. The molecule has 2 heterocycles. The summed E-state index contributed by atoms with van der Waals surface area (Å²) in [6.07, 6.45) is 8.51. The second-order valence-corrected chi connectivity index (χ2v) is 6.23. The summed E-state index contributed by atoms with van der Waals surface area (Å²) >= 11 is 0. The normalized spacial score (nSPS) is 19.8. The first-order valence-corrected chi connectivity index (χ1v) is 7.95. The number of amides is 1. The number of phenolic OH excluding ortho intramolecular Hbond substituents is 1. The topological polar surface area (TPSA) is 76.1 Å². The zero-order valence-electron chi connectivity index (χ0n) is 13.9. The highest BCUT2D eigenvalue weighted by Crippen LogP contribution is 2.50. The van der Waals surface area contributed by atoms with Gasteiger partial charge in [-0.15, -0.1) is 0 Å². The standard InChI is InChI=1S/C19H17NO5/c1-24-16-12-5-8-20-14(13(12)9-15(22)17(16)25-2)10-19(18(20)23)6-3-11(21)4-7-19/h3-4,6-7,9-10,22H,5,8H2,1-2H3. The number of hydrogen-bond acceptors (Lipinski definition) is 5. The van der Waals surface area contributed by atoms with E-state index in [0.29, 0.717) is 24.4 Å². The maximum atomic E-state index is 12.9. The number of methoxy groups -OCH3 is 2. The molecule has 0 saturated heterocycles. The number of nitrogens with zero attached hydrogens (tertiary/aromatic N) is 1. The van der Waals surface area contributed by atoms with Crippen LogP contribution in [0.5, 0.6) is 17.2 Å². The van der Waals surface area contributed by atoms with Crippen LogP contribution in [0.1, 0.15) is 11.1 Å². The summed E-state index contributed by atoms with van der Waals surface area (Å²) in [5.41, 5.74) is 1.41. The van der Waals surface area contributed by atoms with Gasteiger partial charge in [-0.2, -0.15) is 0 Å². The predicted molar refractivity (Wildman–Crippen MR) is 90.3 cm³/mol. The summed E-state index contributed by atoms with van der Waals surface area (Å²) in [7, 11) is 3.00. The van der Waals surface area contributed by atoms with E-state index in [4.69, 9.17) is 9.47 Å². The molecule has 128 valence electrons. The molecule has 6 nitrogen and oxygen atoms in total. The van der Waals surface area contributed by atoms with Gasteiger partial charge in [0.05, 0.1) is 14.2 Å². The van der Waals surface area contributed by atoms with Crippen LogP contribution in [-0.4, -0.2) is 42.5 Å². The van der Waals surface area contributed by atoms with Crippen molar-refractivity contribution < 1.29 is 24.2 Å². The van der Waals surface area contributed by atoms with Crippen LogP contribution in [-0.2, 0) is 16.0 Å². The molecule has 0 saturated carbocycles. The lowest BCUT2D eigenvalue weighted by Gasteiger charge is -2.31. The molecule has 0 atom stereocenters. The molecule has 1 amide bonds. The largest absolute Gasteiger partial charge is 0.504 e. The molecule has 0 unspecified atom stereocenters. The minimum atomic E-state index is -0.937. The average molecular weight is 339 g/mol.